The summed E-state index contributed by atoms with van der Waals surface area (Å²) in [4.78, 5) is 21.0. The molecule has 0 spiro atoms. The molecule has 2 aromatic carbocycles. The van der Waals surface area contributed by atoms with Gasteiger partial charge in [0.15, 0.2) is 12.4 Å². The fourth-order valence-corrected chi connectivity index (χ4v) is 3.41. The third-order valence-corrected chi connectivity index (χ3v) is 5.07. The molecule has 0 atom stereocenters. The first kappa shape index (κ1) is 19.8. The molecule has 2 heterocycles. The van der Waals surface area contributed by atoms with Crippen molar-refractivity contribution in [2.75, 3.05) is 44.8 Å². The van der Waals surface area contributed by atoms with Crippen molar-refractivity contribution in [3.63, 3.8) is 0 Å². The third-order valence-electron chi connectivity index (χ3n) is 5.07. The van der Waals surface area contributed by atoms with E-state index >= 15 is 0 Å². The average molecular weight is 408 g/mol. The molecule has 1 aliphatic heterocycles. The second-order valence-electron chi connectivity index (χ2n) is 7.00. The lowest BCUT2D eigenvalue weighted by molar-refractivity contribution is -0.133. The topological polar surface area (TPSA) is 80.9 Å². The zero-order valence-electron chi connectivity index (χ0n) is 17.1. The molecule has 1 saturated heterocycles. The fraction of sp³-hybridized carbons (Fsp3) is 0.318. The molecule has 1 amide bonds. The summed E-state index contributed by atoms with van der Waals surface area (Å²) in [5.74, 6) is 2.27. The van der Waals surface area contributed by atoms with E-state index in [4.69, 9.17) is 14.0 Å². The Morgan fingerprint density at radius 2 is 1.80 bits per heavy atom. The zero-order chi connectivity index (χ0) is 20.9. The molecule has 1 aromatic heterocycles. The Labute approximate surface area is 175 Å². The van der Waals surface area contributed by atoms with Gasteiger partial charge in [0, 0.05) is 31.9 Å². The van der Waals surface area contributed by atoms with E-state index in [9.17, 15) is 4.79 Å². The predicted molar refractivity (Wildman–Crippen MR) is 112 cm³/mol. The molecule has 30 heavy (non-hydrogen) atoms. The number of aromatic nitrogens is 2. The number of ether oxygens (including phenoxy) is 2. The van der Waals surface area contributed by atoms with Crippen LogP contribution in [0.15, 0.2) is 53.1 Å². The van der Waals surface area contributed by atoms with Crippen molar-refractivity contribution in [1.29, 1.82) is 0 Å². The number of benzene rings is 2. The lowest BCUT2D eigenvalue weighted by Gasteiger charge is -2.36. The Kier molecular flexibility index (Phi) is 5.83. The fourth-order valence-electron chi connectivity index (χ4n) is 3.41. The summed E-state index contributed by atoms with van der Waals surface area (Å²) in [7, 11) is 1.66. The first-order chi connectivity index (χ1) is 14.6. The summed E-state index contributed by atoms with van der Waals surface area (Å²) in [5.41, 5.74) is 1.80. The standard InChI is InChI=1S/C22H24N4O4/c1-16-23-22(30-24-16)19-5-3-4-6-20(19)29-15-21(27)26-13-11-25(12-14-26)17-7-9-18(28-2)10-8-17/h3-10H,11-15H2,1-2H3. The summed E-state index contributed by atoms with van der Waals surface area (Å²) in [5, 5.41) is 3.82. The van der Waals surface area contributed by atoms with Crippen LogP contribution in [0.5, 0.6) is 11.5 Å². The normalized spacial score (nSPS) is 13.9. The van der Waals surface area contributed by atoms with E-state index in [1.165, 1.54) is 0 Å². The number of nitrogens with zero attached hydrogens (tertiary/aromatic N) is 4. The smallest absolute Gasteiger partial charge is 0.261 e. The van der Waals surface area contributed by atoms with Crippen LogP contribution in [0.4, 0.5) is 5.69 Å². The number of anilines is 1. The van der Waals surface area contributed by atoms with Gasteiger partial charge in [-0.15, -0.1) is 0 Å². The van der Waals surface area contributed by atoms with Crippen molar-refractivity contribution in [3.05, 3.63) is 54.4 Å². The number of para-hydroxylation sites is 1. The lowest BCUT2D eigenvalue weighted by atomic mass is 10.2. The maximum absolute atomic E-state index is 12.7. The van der Waals surface area contributed by atoms with E-state index in [0.717, 1.165) is 24.5 Å². The minimum atomic E-state index is -0.0408. The molecular formula is C22H24N4O4. The molecule has 0 unspecified atom stereocenters. The summed E-state index contributed by atoms with van der Waals surface area (Å²) in [6.07, 6.45) is 0. The van der Waals surface area contributed by atoms with Gasteiger partial charge in [-0.25, -0.2) is 0 Å². The van der Waals surface area contributed by atoms with Crippen LogP contribution in [-0.2, 0) is 4.79 Å². The first-order valence-corrected chi connectivity index (χ1v) is 9.83. The van der Waals surface area contributed by atoms with Gasteiger partial charge >= 0.3 is 0 Å². The number of aryl methyl sites for hydroxylation is 1. The van der Waals surface area contributed by atoms with Gasteiger partial charge in [0.2, 0.25) is 0 Å². The second kappa shape index (κ2) is 8.86. The number of hydrogen-bond acceptors (Lipinski definition) is 7. The Balaban J connectivity index is 1.32. The molecule has 4 rings (SSSR count). The first-order valence-electron chi connectivity index (χ1n) is 9.83. The maximum Gasteiger partial charge on any atom is 0.261 e. The Morgan fingerprint density at radius 3 is 2.47 bits per heavy atom. The van der Waals surface area contributed by atoms with Gasteiger partial charge in [-0.05, 0) is 43.3 Å². The van der Waals surface area contributed by atoms with Crippen LogP contribution >= 0.6 is 0 Å². The quantitative estimate of drug-likeness (QED) is 0.620. The number of carbonyl (C=O) groups is 1. The molecule has 8 heteroatoms. The largest absolute Gasteiger partial charge is 0.497 e. The molecule has 0 saturated carbocycles. The van der Waals surface area contributed by atoms with Gasteiger partial charge in [0.05, 0.1) is 12.7 Å². The minimum Gasteiger partial charge on any atom is -0.497 e. The van der Waals surface area contributed by atoms with Crippen LogP contribution in [0.2, 0.25) is 0 Å². The van der Waals surface area contributed by atoms with Gasteiger partial charge in [0.25, 0.3) is 11.8 Å². The number of carbonyl (C=O) groups excluding carboxylic acids is 1. The van der Waals surface area contributed by atoms with Crippen molar-refractivity contribution < 1.29 is 18.8 Å². The molecule has 0 N–H and O–H groups in total. The van der Waals surface area contributed by atoms with Crippen molar-refractivity contribution in [2.45, 2.75) is 6.92 Å². The minimum absolute atomic E-state index is 0.0351. The summed E-state index contributed by atoms with van der Waals surface area (Å²) in [6, 6.07) is 15.3. The molecule has 3 aromatic rings. The summed E-state index contributed by atoms with van der Waals surface area (Å²) >= 11 is 0. The van der Waals surface area contributed by atoms with Crippen molar-refractivity contribution in [2.24, 2.45) is 0 Å². The van der Waals surface area contributed by atoms with Crippen LogP contribution in [0.1, 0.15) is 5.82 Å². The van der Waals surface area contributed by atoms with E-state index in [-0.39, 0.29) is 12.5 Å². The molecule has 0 bridgehead atoms. The van der Waals surface area contributed by atoms with Crippen LogP contribution < -0.4 is 14.4 Å². The highest BCUT2D eigenvalue weighted by molar-refractivity contribution is 5.78. The molecule has 1 aliphatic rings. The van der Waals surface area contributed by atoms with Crippen LogP contribution in [0, 0.1) is 6.92 Å². The molecule has 156 valence electrons. The number of piperazine rings is 1. The monoisotopic (exact) mass is 408 g/mol. The van der Waals surface area contributed by atoms with Gasteiger partial charge < -0.3 is 23.8 Å². The van der Waals surface area contributed by atoms with Gasteiger partial charge in [-0.3, -0.25) is 4.79 Å². The van der Waals surface area contributed by atoms with Gasteiger partial charge in [0.1, 0.15) is 11.5 Å². The highest BCUT2D eigenvalue weighted by Crippen LogP contribution is 2.28. The molecule has 0 radical (unpaired) electrons. The highest BCUT2D eigenvalue weighted by atomic mass is 16.5. The highest BCUT2D eigenvalue weighted by Gasteiger charge is 2.22. The van der Waals surface area contributed by atoms with Crippen LogP contribution in [0.25, 0.3) is 11.5 Å². The third kappa shape index (κ3) is 4.37. The Bertz CT molecular complexity index is 994. The van der Waals surface area contributed by atoms with E-state index in [1.54, 1.807) is 20.1 Å². The lowest BCUT2D eigenvalue weighted by Crippen LogP contribution is -2.50. The van der Waals surface area contributed by atoms with Gasteiger partial charge in [-0.1, -0.05) is 17.3 Å². The van der Waals surface area contributed by atoms with E-state index in [1.807, 2.05) is 47.4 Å². The van der Waals surface area contributed by atoms with Crippen molar-refractivity contribution >= 4 is 11.6 Å². The predicted octanol–water partition coefficient (Wildman–Crippen LogP) is 2.78. The number of hydrogen-bond donors (Lipinski definition) is 0. The Hall–Kier alpha value is -3.55. The molecule has 1 fully saturated rings. The van der Waals surface area contributed by atoms with Crippen LogP contribution in [0.3, 0.4) is 0 Å². The second-order valence-corrected chi connectivity index (χ2v) is 7.00. The maximum atomic E-state index is 12.7. The van der Waals surface area contributed by atoms with E-state index < -0.39 is 0 Å². The molecule has 0 aliphatic carbocycles. The van der Waals surface area contributed by atoms with Crippen molar-refractivity contribution in [3.8, 4) is 23.0 Å². The number of amides is 1. The van der Waals surface area contributed by atoms with Gasteiger partial charge in [-0.2, -0.15) is 4.98 Å². The SMILES string of the molecule is COc1ccc(N2CCN(C(=O)COc3ccccc3-c3nc(C)no3)CC2)cc1. The molecular weight excluding hydrogens is 384 g/mol. The number of methoxy groups -OCH3 is 1. The Morgan fingerprint density at radius 1 is 1.07 bits per heavy atom. The summed E-state index contributed by atoms with van der Waals surface area (Å²) < 4.78 is 16.2. The van der Waals surface area contributed by atoms with E-state index in [0.29, 0.717) is 36.1 Å². The van der Waals surface area contributed by atoms with Crippen LogP contribution in [-0.4, -0.2) is 60.8 Å². The van der Waals surface area contributed by atoms with E-state index in [2.05, 4.69) is 15.0 Å². The zero-order valence-corrected chi connectivity index (χ0v) is 17.1. The molecule has 8 nitrogen and oxygen atoms in total. The average Bonchev–Trinajstić information content (AvgIpc) is 3.24. The summed E-state index contributed by atoms with van der Waals surface area (Å²) in [6.45, 7) is 4.57. The number of rotatable bonds is 6. The van der Waals surface area contributed by atoms with Crippen molar-refractivity contribution in [1.82, 2.24) is 15.0 Å².